The number of benzene rings is 2. The molecule has 122 valence electrons. The minimum atomic E-state index is -0.332. The van der Waals surface area contributed by atoms with Gasteiger partial charge >= 0.3 is 0 Å². The smallest absolute Gasteiger partial charge is 0.266 e. The fourth-order valence-electron chi connectivity index (χ4n) is 2.66. The first-order valence-corrected chi connectivity index (χ1v) is 8.71. The molecule has 3 aromatic rings. The van der Waals surface area contributed by atoms with Crippen molar-refractivity contribution in [3.05, 3.63) is 83.0 Å². The number of hydrogen-bond donors (Lipinski definition) is 0. The molecular formula is C19H11ClN2O2S. The lowest BCUT2D eigenvalue weighted by atomic mass is 10.1. The molecule has 0 aliphatic carbocycles. The predicted octanol–water partition coefficient (Wildman–Crippen LogP) is 4.69. The number of fused-ring (bicyclic) bond motifs is 1. The summed E-state index contributed by atoms with van der Waals surface area (Å²) in [6.45, 7) is 0. The molecule has 0 N–H and O–H groups in total. The van der Waals surface area contributed by atoms with Crippen molar-refractivity contribution in [1.29, 1.82) is 0 Å². The highest BCUT2D eigenvalue weighted by Gasteiger charge is 2.36. The first-order chi connectivity index (χ1) is 12.1. The van der Waals surface area contributed by atoms with Crippen molar-refractivity contribution in [2.24, 2.45) is 0 Å². The SMILES string of the molecule is O=C1c2ccccc2C(=O)N1c1ccc(Sc2ccccn2)c(Cl)c1. The lowest BCUT2D eigenvalue weighted by Gasteiger charge is -2.15. The van der Waals surface area contributed by atoms with Crippen molar-refractivity contribution >= 4 is 40.9 Å². The summed E-state index contributed by atoms with van der Waals surface area (Å²) in [6.07, 6.45) is 1.71. The van der Waals surface area contributed by atoms with Gasteiger partial charge in [0.2, 0.25) is 0 Å². The third kappa shape index (κ3) is 2.81. The van der Waals surface area contributed by atoms with Crippen molar-refractivity contribution in [2.75, 3.05) is 4.90 Å². The minimum absolute atomic E-state index is 0.332. The Labute approximate surface area is 153 Å². The molecule has 1 aliphatic heterocycles. The van der Waals surface area contributed by atoms with Crippen LogP contribution in [-0.4, -0.2) is 16.8 Å². The van der Waals surface area contributed by atoms with Gasteiger partial charge in [0.1, 0.15) is 5.03 Å². The molecule has 2 heterocycles. The highest BCUT2D eigenvalue weighted by molar-refractivity contribution is 7.99. The zero-order chi connectivity index (χ0) is 17.4. The second-order valence-corrected chi connectivity index (χ2v) is 6.85. The number of hydrogen-bond acceptors (Lipinski definition) is 4. The molecule has 25 heavy (non-hydrogen) atoms. The van der Waals surface area contributed by atoms with E-state index in [0.717, 1.165) is 14.8 Å². The van der Waals surface area contributed by atoms with Gasteiger partial charge in [-0.15, -0.1) is 0 Å². The Morgan fingerprint density at radius 1 is 0.880 bits per heavy atom. The summed E-state index contributed by atoms with van der Waals surface area (Å²) >= 11 is 7.79. The maximum atomic E-state index is 12.5. The van der Waals surface area contributed by atoms with Gasteiger partial charge in [-0.05, 0) is 42.5 Å². The molecule has 2 amide bonds. The second-order valence-electron chi connectivity index (χ2n) is 5.38. The highest BCUT2D eigenvalue weighted by Crippen LogP contribution is 2.36. The third-order valence-electron chi connectivity index (χ3n) is 3.82. The van der Waals surface area contributed by atoms with Gasteiger partial charge in [-0.3, -0.25) is 9.59 Å². The molecule has 0 saturated carbocycles. The van der Waals surface area contributed by atoms with Crippen molar-refractivity contribution in [2.45, 2.75) is 9.92 Å². The van der Waals surface area contributed by atoms with E-state index in [4.69, 9.17) is 11.6 Å². The quantitative estimate of drug-likeness (QED) is 0.631. The second kappa shape index (κ2) is 6.35. The van der Waals surface area contributed by atoms with Crippen molar-refractivity contribution in [3.8, 4) is 0 Å². The number of aromatic nitrogens is 1. The monoisotopic (exact) mass is 366 g/mol. The van der Waals surface area contributed by atoms with Crippen LogP contribution in [0.5, 0.6) is 0 Å². The molecule has 4 rings (SSSR count). The Bertz CT molecular complexity index is 957. The maximum absolute atomic E-state index is 12.5. The first kappa shape index (κ1) is 15.9. The van der Waals surface area contributed by atoms with Gasteiger partial charge in [0.25, 0.3) is 11.8 Å². The Kier molecular flexibility index (Phi) is 4.03. The molecule has 0 atom stereocenters. The predicted molar refractivity (Wildman–Crippen MR) is 97.4 cm³/mol. The molecule has 0 bridgehead atoms. The van der Waals surface area contributed by atoms with Crippen LogP contribution in [-0.2, 0) is 0 Å². The van der Waals surface area contributed by atoms with E-state index in [9.17, 15) is 9.59 Å². The Morgan fingerprint density at radius 3 is 2.16 bits per heavy atom. The van der Waals surface area contributed by atoms with Crippen LogP contribution in [0.1, 0.15) is 20.7 Å². The number of nitrogens with zero attached hydrogens (tertiary/aromatic N) is 2. The topological polar surface area (TPSA) is 50.3 Å². The number of imide groups is 1. The number of pyridine rings is 1. The summed E-state index contributed by atoms with van der Waals surface area (Å²) in [6, 6.07) is 17.6. The summed E-state index contributed by atoms with van der Waals surface area (Å²) in [4.78, 5) is 31.3. The van der Waals surface area contributed by atoms with E-state index < -0.39 is 0 Å². The van der Waals surface area contributed by atoms with Crippen LogP contribution in [0.15, 0.2) is 76.8 Å². The largest absolute Gasteiger partial charge is 0.268 e. The van der Waals surface area contributed by atoms with Crippen LogP contribution in [0.2, 0.25) is 5.02 Å². The van der Waals surface area contributed by atoms with Crippen LogP contribution in [0.25, 0.3) is 0 Å². The number of anilines is 1. The van der Waals surface area contributed by atoms with Crippen molar-refractivity contribution < 1.29 is 9.59 Å². The molecule has 0 unspecified atom stereocenters. The van der Waals surface area contributed by atoms with E-state index in [2.05, 4.69) is 4.98 Å². The molecule has 4 nitrogen and oxygen atoms in total. The summed E-state index contributed by atoms with van der Waals surface area (Å²) in [5, 5.41) is 1.28. The molecule has 0 radical (unpaired) electrons. The summed E-state index contributed by atoms with van der Waals surface area (Å²) < 4.78 is 0. The minimum Gasteiger partial charge on any atom is -0.268 e. The van der Waals surface area contributed by atoms with Crippen LogP contribution in [0.4, 0.5) is 5.69 Å². The highest BCUT2D eigenvalue weighted by atomic mass is 35.5. The normalized spacial score (nSPS) is 13.2. The Hall–Kier alpha value is -2.63. The molecule has 1 aliphatic rings. The molecule has 0 saturated heterocycles. The van der Waals surface area contributed by atoms with Crippen LogP contribution in [0, 0.1) is 0 Å². The molecule has 2 aromatic carbocycles. The van der Waals surface area contributed by atoms with Gasteiger partial charge < -0.3 is 0 Å². The Morgan fingerprint density at radius 2 is 1.56 bits per heavy atom. The average Bonchev–Trinajstić information content (AvgIpc) is 2.89. The van der Waals surface area contributed by atoms with Crippen molar-refractivity contribution in [1.82, 2.24) is 4.98 Å². The standard InChI is InChI=1S/C19H11ClN2O2S/c20-15-11-12(8-9-16(15)25-17-7-3-4-10-21-17)22-18(23)13-5-1-2-6-14(13)19(22)24/h1-11H. The maximum Gasteiger partial charge on any atom is 0.266 e. The number of rotatable bonds is 3. The zero-order valence-corrected chi connectivity index (χ0v) is 14.4. The average molecular weight is 367 g/mol. The van der Waals surface area contributed by atoms with Crippen LogP contribution >= 0.6 is 23.4 Å². The van der Waals surface area contributed by atoms with E-state index in [0.29, 0.717) is 21.8 Å². The van der Waals surface area contributed by atoms with Gasteiger partial charge in [-0.2, -0.15) is 0 Å². The van der Waals surface area contributed by atoms with Crippen LogP contribution < -0.4 is 4.90 Å². The van der Waals surface area contributed by atoms with Crippen molar-refractivity contribution in [3.63, 3.8) is 0 Å². The first-order valence-electron chi connectivity index (χ1n) is 7.51. The van der Waals surface area contributed by atoms with Gasteiger partial charge in [0, 0.05) is 11.1 Å². The van der Waals surface area contributed by atoms with Crippen LogP contribution in [0.3, 0.4) is 0 Å². The summed E-state index contributed by atoms with van der Waals surface area (Å²) in [5.41, 5.74) is 1.28. The number of amides is 2. The number of carbonyl (C=O) groups excluding carboxylic acids is 2. The van der Waals surface area contributed by atoms with E-state index in [1.165, 1.54) is 11.8 Å². The van der Waals surface area contributed by atoms with Gasteiger partial charge in [0.05, 0.1) is 21.8 Å². The summed E-state index contributed by atoms with van der Waals surface area (Å²) in [5.74, 6) is -0.663. The van der Waals surface area contributed by atoms with Gasteiger partial charge in [-0.25, -0.2) is 9.88 Å². The van der Waals surface area contributed by atoms with E-state index in [-0.39, 0.29) is 11.8 Å². The molecule has 1 aromatic heterocycles. The van der Waals surface area contributed by atoms with E-state index in [1.54, 1.807) is 48.7 Å². The van der Waals surface area contributed by atoms with Gasteiger partial charge in [0.15, 0.2) is 0 Å². The zero-order valence-electron chi connectivity index (χ0n) is 12.8. The lowest BCUT2D eigenvalue weighted by molar-refractivity contribution is 0.0926. The number of halogens is 1. The lowest BCUT2D eigenvalue weighted by Crippen LogP contribution is -2.29. The number of carbonyl (C=O) groups is 2. The molecular weight excluding hydrogens is 356 g/mol. The molecule has 0 spiro atoms. The fraction of sp³-hybridized carbons (Fsp3) is 0. The summed E-state index contributed by atoms with van der Waals surface area (Å²) in [7, 11) is 0. The van der Waals surface area contributed by atoms with Gasteiger partial charge in [-0.1, -0.05) is 41.6 Å². The molecule has 0 fully saturated rings. The Balaban J connectivity index is 1.66. The third-order valence-corrected chi connectivity index (χ3v) is 5.27. The van der Waals surface area contributed by atoms with E-state index in [1.807, 2.05) is 18.2 Å². The fourth-order valence-corrected chi connectivity index (χ4v) is 3.72. The van der Waals surface area contributed by atoms with E-state index >= 15 is 0 Å². The molecule has 6 heteroatoms.